The van der Waals surface area contributed by atoms with Crippen LogP contribution in [0.4, 0.5) is 4.39 Å². The molecule has 0 unspecified atom stereocenters. The average Bonchev–Trinajstić information content (AvgIpc) is 2.05. The molecule has 1 rings (SSSR count). The number of aliphatic hydroxyl groups is 1. The smallest absolute Gasteiger partial charge is 0.128 e. The van der Waals surface area contributed by atoms with Crippen molar-refractivity contribution in [1.82, 2.24) is 0 Å². The van der Waals surface area contributed by atoms with Gasteiger partial charge in [0.25, 0.3) is 0 Å². The summed E-state index contributed by atoms with van der Waals surface area (Å²) in [6.45, 7) is 1.32. The van der Waals surface area contributed by atoms with E-state index in [1.54, 1.807) is 25.1 Å². The quantitative estimate of drug-likeness (QED) is 0.767. The predicted molar refractivity (Wildman–Crippen MR) is 52.3 cm³/mol. The van der Waals surface area contributed by atoms with E-state index in [-0.39, 0.29) is 24.8 Å². The van der Waals surface area contributed by atoms with Crippen LogP contribution in [0.5, 0.6) is 0 Å². The first-order valence-corrected chi connectivity index (χ1v) is 3.72. The molecule has 1 aromatic rings. The van der Waals surface area contributed by atoms with Gasteiger partial charge in [0.1, 0.15) is 5.82 Å². The number of hydrogen-bond acceptors (Lipinski definition) is 2. The zero-order chi connectivity index (χ0) is 9.19. The summed E-state index contributed by atoms with van der Waals surface area (Å²) >= 11 is 0. The normalized spacial score (nSPS) is 14.5. The lowest BCUT2D eigenvalue weighted by Gasteiger charge is -2.22. The topological polar surface area (TPSA) is 46.2 Å². The number of nitrogens with two attached hydrogens (primary N) is 1. The Morgan fingerprint density at radius 1 is 1.46 bits per heavy atom. The fraction of sp³-hybridized carbons (Fsp3) is 0.333. The standard InChI is InChI=1S/C9H12FNO.ClH/c1-9(11,6-12)7-4-2-3-5-8(7)10;/h2-5,12H,6,11H2,1H3;1H/t9-;/m0./s1. The first-order valence-electron chi connectivity index (χ1n) is 3.72. The highest BCUT2D eigenvalue weighted by atomic mass is 35.5. The molecule has 13 heavy (non-hydrogen) atoms. The Morgan fingerprint density at radius 2 is 2.00 bits per heavy atom. The summed E-state index contributed by atoms with van der Waals surface area (Å²) in [6, 6.07) is 6.19. The van der Waals surface area contributed by atoms with E-state index < -0.39 is 5.54 Å². The molecule has 0 aliphatic heterocycles. The Labute approximate surface area is 83.0 Å². The second-order valence-corrected chi connectivity index (χ2v) is 3.06. The highest BCUT2D eigenvalue weighted by Gasteiger charge is 2.22. The van der Waals surface area contributed by atoms with E-state index in [4.69, 9.17) is 10.8 Å². The third kappa shape index (κ3) is 2.66. The first kappa shape index (κ1) is 12.4. The first-order chi connectivity index (χ1) is 5.58. The second kappa shape index (κ2) is 4.56. The summed E-state index contributed by atoms with van der Waals surface area (Å²) in [7, 11) is 0. The van der Waals surface area contributed by atoms with Gasteiger partial charge in [0.05, 0.1) is 12.1 Å². The molecule has 0 fully saturated rings. The average molecular weight is 206 g/mol. The zero-order valence-corrected chi connectivity index (χ0v) is 8.14. The highest BCUT2D eigenvalue weighted by molar-refractivity contribution is 5.85. The Hall–Kier alpha value is -0.640. The van der Waals surface area contributed by atoms with Crippen molar-refractivity contribution in [2.24, 2.45) is 5.73 Å². The minimum absolute atomic E-state index is 0. The molecule has 0 bridgehead atoms. The van der Waals surface area contributed by atoms with Gasteiger partial charge in [-0.05, 0) is 13.0 Å². The fourth-order valence-electron chi connectivity index (χ4n) is 1.01. The van der Waals surface area contributed by atoms with Crippen LogP contribution >= 0.6 is 12.4 Å². The number of halogens is 2. The predicted octanol–water partition coefficient (Wildman–Crippen LogP) is 1.41. The molecule has 2 nitrogen and oxygen atoms in total. The van der Waals surface area contributed by atoms with Crippen molar-refractivity contribution in [3.63, 3.8) is 0 Å². The van der Waals surface area contributed by atoms with Crippen molar-refractivity contribution in [2.45, 2.75) is 12.5 Å². The fourth-order valence-corrected chi connectivity index (χ4v) is 1.01. The van der Waals surface area contributed by atoms with Crippen molar-refractivity contribution >= 4 is 12.4 Å². The number of aliphatic hydroxyl groups excluding tert-OH is 1. The lowest BCUT2D eigenvalue weighted by atomic mass is 9.94. The van der Waals surface area contributed by atoms with Crippen LogP contribution in [-0.2, 0) is 5.54 Å². The van der Waals surface area contributed by atoms with Crippen LogP contribution in [-0.4, -0.2) is 11.7 Å². The van der Waals surface area contributed by atoms with Crippen molar-refractivity contribution in [3.05, 3.63) is 35.6 Å². The summed E-state index contributed by atoms with van der Waals surface area (Å²) in [6.07, 6.45) is 0. The molecule has 0 heterocycles. The molecule has 74 valence electrons. The van der Waals surface area contributed by atoms with Crippen molar-refractivity contribution < 1.29 is 9.50 Å². The van der Waals surface area contributed by atoms with Crippen molar-refractivity contribution in [2.75, 3.05) is 6.61 Å². The maximum Gasteiger partial charge on any atom is 0.128 e. The minimum Gasteiger partial charge on any atom is -0.394 e. The molecule has 3 N–H and O–H groups in total. The van der Waals surface area contributed by atoms with Gasteiger partial charge < -0.3 is 10.8 Å². The maximum absolute atomic E-state index is 13.1. The van der Waals surface area contributed by atoms with Gasteiger partial charge in [-0.15, -0.1) is 12.4 Å². The van der Waals surface area contributed by atoms with E-state index in [2.05, 4.69) is 0 Å². The Balaban J connectivity index is 0.00000144. The van der Waals surface area contributed by atoms with E-state index in [9.17, 15) is 4.39 Å². The molecule has 0 aromatic heterocycles. The number of rotatable bonds is 2. The number of benzene rings is 1. The summed E-state index contributed by atoms with van der Waals surface area (Å²) in [5.41, 5.74) is 4.99. The van der Waals surface area contributed by atoms with E-state index >= 15 is 0 Å². The molecule has 0 aliphatic rings. The summed E-state index contributed by atoms with van der Waals surface area (Å²) < 4.78 is 13.1. The van der Waals surface area contributed by atoms with E-state index in [0.717, 1.165) is 0 Å². The van der Waals surface area contributed by atoms with Gasteiger partial charge in [0.2, 0.25) is 0 Å². The van der Waals surface area contributed by atoms with E-state index in [1.807, 2.05) is 0 Å². The van der Waals surface area contributed by atoms with Crippen LogP contribution in [0.1, 0.15) is 12.5 Å². The zero-order valence-electron chi connectivity index (χ0n) is 7.33. The molecule has 1 atom stereocenters. The van der Waals surface area contributed by atoms with Gasteiger partial charge in [0, 0.05) is 5.56 Å². The largest absolute Gasteiger partial charge is 0.394 e. The van der Waals surface area contributed by atoms with Crippen molar-refractivity contribution in [3.8, 4) is 0 Å². The summed E-state index contributed by atoms with van der Waals surface area (Å²) in [5, 5.41) is 8.88. The SMILES string of the molecule is C[C@](N)(CO)c1ccccc1F.Cl. The molecule has 0 radical (unpaired) electrons. The second-order valence-electron chi connectivity index (χ2n) is 3.06. The molecule has 1 aromatic carbocycles. The van der Waals surface area contributed by atoms with E-state index in [1.165, 1.54) is 6.07 Å². The Bertz CT molecular complexity index is 278. The number of hydrogen-bond donors (Lipinski definition) is 2. The molecular weight excluding hydrogens is 193 g/mol. The van der Waals surface area contributed by atoms with Gasteiger partial charge in [-0.2, -0.15) is 0 Å². The van der Waals surface area contributed by atoms with Gasteiger partial charge in [-0.3, -0.25) is 0 Å². The summed E-state index contributed by atoms with van der Waals surface area (Å²) in [4.78, 5) is 0. The van der Waals surface area contributed by atoms with E-state index in [0.29, 0.717) is 5.56 Å². The minimum atomic E-state index is -0.995. The van der Waals surface area contributed by atoms with Crippen LogP contribution in [0.2, 0.25) is 0 Å². The van der Waals surface area contributed by atoms with Crippen LogP contribution in [0, 0.1) is 5.82 Å². The molecule has 0 saturated heterocycles. The molecule has 0 saturated carbocycles. The van der Waals surface area contributed by atoms with Crippen LogP contribution in [0.15, 0.2) is 24.3 Å². The van der Waals surface area contributed by atoms with Gasteiger partial charge in [-0.25, -0.2) is 4.39 Å². The molecule has 0 aliphatic carbocycles. The van der Waals surface area contributed by atoms with Crippen LogP contribution in [0.3, 0.4) is 0 Å². The Morgan fingerprint density at radius 3 is 2.46 bits per heavy atom. The molecular formula is C9H13ClFNO. The third-order valence-corrected chi connectivity index (χ3v) is 1.82. The molecule has 0 amide bonds. The molecule has 4 heteroatoms. The van der Waals surface area contributed by atoms with Crippen molar-refractivity contribution in [1.29, 1.82) is 0 Å². The van der Waals surface area contributed by atoms with Gasteiger partial charge in [0.15, 0.2) is 0 Å². The monoisotopic (exact) mass is 205 g/mol. The summed E-state index contributed by atoms with van der Waals surface area (Å²) in [5.74, 6) is -0.378. The lowest BCUT2D eigenvalue weighted by molar-refractivity contribution is 0.206. The van der Waals surface area contributed by atoms with Crippen LogP contribution < -0.4 is 5.73 Å². The van der Waals surface area contributed by atoms with Crippen LogP contribution in [0.25, 0.3) is 0 Å². The third-order valence-electron chi connectivity index (χ3n) is 1.82. The lowest BCUT2D eigenvalue weighted by Crippen LogP contribution is -2.37. The molecule has 0 spiro atoms. The van der Waals surface area contributed by atoms with Gasteiger partial charge in [-0.1, -0.05) is 18.2 Å². The van der Waals surface area contributed by atoms with Gasteiger partial charge >= 0.3 is 0 Å². The maximum atomic E-state index is 13.1. The highest BCUT2D eigenvalue weighted by Crippen LogP contribution is 2.19. The Kier molecular flexibility index (Phi) is 4.33.